The summed E-state index contributed by atoms with van der Waals surface area (Å²) in [7, 11) is 3.38. The molecule has 0 spiro atoms. The molecule has 0 atom stereocenters. The molecule has 7 heteroatoms. The number of carbonyl (C=O) groups is 1. The third-order valence-electron chi connectivity index (χ3n) is 4.55. The van der Waals surface area contributed by atoms with Crippen LogP contribution >= 0.6 is 11.3 Å². The van der Waals surface area contributed by atoms with Gasteiger partial charge >= 0.3 is 0 Å². The van der Waals surface area contributed by atoms with Gasteiger partial charge in [0.25, 0.3) is 5.91 Å². The number of amides is 1. The van der Waals surface area contributed by atoms with Gasteiger partial charge in [0.2, 0.25) is 0 Å². The van der Waals surface area contributed by atoms with E-state index in [4.69, 9.17) is 4.74 Å². The van der Waals surface area contributed by atoms with Crippen molar-refractivity contribution in [3.8, 4) is 28.3 Å². The molecular weight excluding hydrogens is 384 g/mol. The Balaban J connectivity index is 1.63. The summed E-state index contributed by atoms with van der Waals surface area (Å²) >= 11 is 1.58. The van der Waals surface area contributed by atoms with E-state index in [0.29, 0.717) is 17.1 Å². The van der Waals surface area contributed by atoms with E-state index in [1.54, 1.807) is 36.2 Å². The molecule has 0 saturated heterocycles. The molecule has 4 aromatic rings. The number of rotatable bonds is 5. The summed E-state index contributed by atoms with van der Waals surface area (Å²) in [5, 5.41) is 10.5. The molecule has 6 nitrogen and oxygen atoms in total. The molecule has 0 radical (unpaired) electrons. The Morgan fingerprint density at radius 1 is 1.10 bits per heavy atom. The van der Waals surface area contributed by atoms with Crippen molar-refractivity contribution in [2.24, 2.45) is 7.05 Å². The summed E-state index contributed by atoms with van der Waals surface area (Å²) in [6.07, 6.45) is 0. The van der Waals surface area contributed by atoms with Crippen molar-refractivity contribution in [1.29, 1.82) is 0 Å². The van der Waals surface area contributed by atoms with E-state index < -0.39 is 0 Å². The number of nitrogens with zero attached hydrogens (tertiary/aromatic N) is 3. The third-order valence-corrected chi connectivity index (χ3v) is 5.32. The topological polar surface area (TPSA) is 69.0 Å². The molecule has 1 amide bonds. The fourth-order valence-corrected chi connectivity index (χ4v) is 3.71. The lowest BCUT2D eigenvalue weighted by Gasteiger charge is -2.09. The molecular formula is C22H20N4O2S. The van der Waals surface area contributed by atoms with Crippen molar-refractivity contribution in [3.05, 3.63) is 70.7 Å². The lowest BCUT2D eigenvalue weighted by molar-refractivity contribution is 0.101. The van der Waals surface area contributed by atoms with Gasteiger partial charge in [-0.05, 0) is 31.2 Å². The minimum Gasteiger partial charge on any atom is -0.497 e. The quantitative estimate of drug-likeness (QED) is 0.520. The molecule has 0 aliphatic carbocycles. The minimum absolute atomic E-state index is 0.228. The molecule has 2 aromatic heterocycles. The smallest absolute Gasteiger partial charge is 0.273 e. The van der Waals surface area contributed by atoms with Crippen LogP contribution in [0.2, 0.25) is 0 Å². The van der Waals surface area contributed by atoms with Crippen LogP contribution in [0.4, 0.5) is 5.69 Å². The van der Waals surface area contributed by atoms with E-state index in [1.807, 2.05) is 60.8 Å². The molecule has 0 saturated carbocycles. The number of carbonyl (C=O) groups excluding carboxylic acids is 1. The average Bonchev–Trinajstić information content (AvgIpc) is 3.34. The first kappa shape index (κ1) is 18.9. The maximum Gasteiger partial charge on any atom is 0.273 e. The number of ether oxygens (including phenoxy) is 1. The zero-order valence-corrected chi connectivity index (χ0v) is 17.2. The molecule has 2 aromatic carbocycles. The Hall–Kier alpha value is -3.45. The normalized spacial score (nSPS) is 10.7. The van der Waals surface area contributed by atoms with Crippen molar-refractivity contribution in [2.75, 3.05) is 12.4 Å². The van der Waals surface area contributed by atoms with Crippen LogP contribution in [0.25, 0.3) is 22.5 Å². The first-order chi connectivity index (χ1) is 14.0. The van der Waals surface area contributed by atoms with Crippen LogP contribution in [0.5, 0.6) is 5.75 Å². The molecule has 0 unspecified atom stereocenters. The van der Waals surface area contributed by atoms with Crippen molar-refractivity contribution in [3.63, 3.8) is 0 Å². The van der Waals surface area contributed by atoms with Gasteiger partial charge in [-0.1, -0.05) is 30.3 Å². The van der Waals surface area contributed by atoms with Gasteiger partial charge in [-0.3, -0.25) is 9.48 Å². The summed E-state index contributed by atoms with van der Waals surface area (Å²) < 4.78 is 6.86. The standard InChI is InChI=1S/C22H20N4O2S/c1-14-23-20(13-29-14)17-9-4-5-10-18(17)24-22(27)21-12-19(25-26(21)2)15-7-6-8-16(11-15)28-3/h4-13H,1-3H3,(H,24,27). The van der Waals surface area contributed by atoms with Crippen molar-refractivity contribution < 1.29 is 9.53 Å². The Morgan fingerprint density at radius 3 is 2.69 bits per heavy atom. The number of aryl methyl sites for hydroxylation is 2. The molecule has 0 bridgehead atoms. The summed E-state index contributed by atoms with van der Waals surface area (Å²) in [6, 6.07) is 17.0. The summed E-state index contributed by atoms with van der Waals surface area (Å²) in [6.45, 7) is 1.96. The SMILES string of the molecule is COc1cccc(-c2cc(C(=O)Nc3ccccc3-c3csc(C)n3)n(C)n2)c1. The van der Waals surface area contributed by atoms with E-state index in [-0.39, 0.29) is 5.91 Å². The first-order valence-corrected chi connectivity index (χ1v) is 9.94. The predicted molar refractivity (Wildman–Crippen MR) is 115 cm³/mol. The van der Waals surface area contributed by atoms with Gasteiger partial charge in [-0.2, -0.15) is 5.10 Å². The van der Waals surface area contributed by atoms with Gasteiger partial charge in [0.15, 0.2) is 0 Å². The molecule has 0 aliphatic rings. The lowest BCUT2D eigenvalue weighted by atomic mass is 10.1. The largest absolute Gasteiger partial charge is 0.497 e. The number of methoxy groups -OCH3 is 1. The van der Waals surface area contributed by atoms with Crippen LogP contribution in [0.3, 0.4) is 0 Å². The van der Waals surface area contributed by atoms with E-state index >= 15 is 0 Å². The van der Waals surface area contributed by atoms with Gasteiger partial charge < -0.3 is 10.1 Å². The van der Waals surface area contributed by atoms with Crippen LogP contribution in [0.1, 0.15) is 15.5 Å². The van der Waals surface area contributed by atoms with E-state index in [2.05, 4.69) is 15.4 Å². The van der Waals surface area contributed by atoms with Gasteiger partial charge in [0.05, 0.1) is 29.2 Å². The lowest BCUT2D eigenvalue weighted by Crippen LogP contribution is -2.16. The number of benzene rings is 2. The maximum absolute atomic E-state index is 13.0. The molecule has 0 fully saturated rings. The molecule has 2 heterocycles. The van der Waals surface area contributed by atoms with Crippen LogP contribution in [-0.2, 0) is 7.05 Å². The zero-order chi connectivity index (χ0) is 20.4. The first-order valence-electron chi connectivity index (χ1n) is 9.06. The number of thiazole rings is 1. The van der Waals surface area contributed by atoms with E-state index in [1.165, 1.54) is 0 Å². The fraction of sp³-hybridized carbons (Fsp3) is 0.136. The molecule has 0 aliphatic heterocycles. The fourth-order valence-electron chi connectivity index (χ4n) is 3.09. The highest BCUT2D eigenvalue weighted by Gasteiger charge is 2.17. The Morgan fingerprint density at radius 2 is 1.93 bits per heavy atom. The van der Waals surface area contributed by atoms with Gasteiger partial charge in [-0.25, -0.2) is 4.98 Å². The molecule has 146 valence electrons. The number of para-hydroxylation sites is 1. The van der Waals surface area contributed by atoms with Crippen molar-refractivity contribution in [1.82, 2.24) is 14.8 Å². The Labute approximate surface area is 172 Å². The van der Waals surface area contributed by atoms with Crippen LogP contribution in [0.15, 0.2) is 60.0 Å². The highest BCUT2D eigenvalue weighted by atomic mass is 32.1. The van der Waals surface area contributed by atoms with Gasteiger partial charge in [-0.15, -0.1) is 11.3 Å². The second-order valence-electron chi connectivity index (χ2n) is 6.52. The van der Waals surface area contributed by atoms with Gasteiger partial charge in [0, 0.05) is 23.6 Å². The Bertz CT molecular complexity index is 1180. The Kier molecular flexibility index (Phi) is 5.14. The highest BCUT2D eigenvalue weighted by Crippen LogP contribution is 2.29. The number of nitrogens with one attached hydrogen (secondary N) is 1. The molecule has 4 rings (SSSR count). The zero-order valence-electron chi connectivity index (χ0n) is 16.3. The maximum atomic E-state index is 13.0. The molecule has 1 N–H and O–H groups in total. The summed E-state index contributed by atoms with van der Waals surface area (Å²) in [5.41, 5.74) is 4.52. The van der Waals surface area contributed by atoms with Crippen LogP contribution < -0.4 is 10.1 Å². The monoisotopic (exact) mass is 404 g/mol. The predicted octanol–water partition coefficient (Wildman–Crippen LogP) is 4.78. The van der Waals surface area contributed by atoms with Crippen molar-refractivity contribution in [2.45, 2.75) is 6.92 Å². The van der Waals surface area contributed by atoms with E-state index in [0.717, 1.165) is 27.6 Å². The average molecular weight is 404 g/mol. The second kappa shape index (κ2) is 7.89. The minimum atomic E-state index is -0.228. The number of aromatic nitrogens is 3. The van der Waals surface area contributed by atoms with Crippen LogP contribution in [0, 0.1) is 6.92 Å². The molecule has 29 heavy (non-hydrogen) atoms. The van der Waals surface area contributed by atoms with E-state index in [9.17, 15) is 4.79 Å². The number of hydrogen-bond donors (Lipinski definition) is 1. The number of anilines is 1. The third kappa shape index (κ3) is 3.90. The second-order valence-corrected chi connectivity index (χ2v) is 7.58. The highest BCUT2D eigenvalue weighted by molar-refractivity contribution is 7.09. The number of hydrogen-bond acceptors (Lipinski definition) is 5. The summed E-state index contributed by atoms with van der Waals surface area (Å²) in [5.74, 6) is 0.514. The van der Waals surface area contributed by atoms with Crippen molar-refractivity contribution >= 4 is 22.9 Å². The summed E-state index contributed by atoms with van der Waals surface area (Å²) in [4.78, 5) is 17.5. The van der Waals surface area contributed by atoms with Gasteiger partial charge in [0.1, 0.15) is 11.4 Å². The van der Waals surface area contributed by atoms with Crippen LogP contribution in [-0.4, -0.2) is 27.8 Å².